The number of pyridine rings is 1. The summed E-state index contributed by atoms with van der Waals surface area (Å²) in [5, 5.41) is 5.70. The highest BCUT2D eigenvalue weighted by Gasteiger charge is 2.22. The number of para-hydroxylation sites is 1. The average Bonchev–Trinajstić information content (AvgIpc) is 3.17. The Morgan fingerprint density at radius 3 is 2.58 bits per heavy atom. The van der Waals surface area contributed by atoms with Gasteiger partial charge in [0.2, 0.25) is 0 Å². The summed E-state index contributed by atoms with van der Waals surface area (Å²) in [6.07, 6.45) is 1.70. The summed E-state index contributed by atoms with van der Waals surface area (Å²) in [6.45, 7) is 8.34. The Hall–Kier alpha value is -3.55. The lowest BCUT2D eigenvalue weighted by atomic mass is 10.0. The van der Waals surface area contributed by atoms with Gasteiger partial charge in [-0.2, -0.15) is 5.10 Å². The predicted octanol–water partition coefficient (Wildman–Crippen LogP) is 3.64. The quantitative estimate of drug-likeness (QED) is 0.534. The van der Waals surface area contributed by atoms with Gasteiger partial charge in [-0.05, 0) is 38.0 Å². The van der Waals surface area contributed by atoms with E-state index in [9.17, 15) is 9.59 Å². The number of nitrogens with zero attached hydrogens (tertiary/aromatic N) is 5. The van der Waals surface area contributed by atoms with Crippen LogP contribution in [0.3, 0.4) is 0 Å². The van der Waals surface area contributed by atoms with Crippen LogP contribution in [0.4, 0.5) is 0 Å². The molecule has 31 heavy (non-hydrogen) atoms. The van der Waals surface area contributed by atoms with Crippen molar-refractivity contribution < 1.29 is 4.79 Å². The zero-order valence-electron chi connectivity index (χ0n) is 18.4. The lowest BCUT2D eigenvalue weighted by Crippen LogP contribution is -2.28. The number of H-pyrrole nitrogens is 1. The molecule has 0 saturated carbocycles. The molecule has 1 aromatic carbocycles. The van der Waals surface area contributed by atoms with Crippen molar-refractivity contribution >= 4 is 27.8 Å². The minimum absolute atomic E-state index is 0.125. The first kappa shape index (κ1) is 20.7. The Bertz CT molecular complexity index is 1340. The van der Waals surface area contributed by atoms with E-state index in [4.69, 9.17) is 4.98 Å². The molecule has 1 N–H and O–H groups in total. The van der Waals surface area contributed by atoms with Gasteiger partial charge in [0.25, 0.3) is 11.5 Å². The molecule has 3 aromatic heterocycles. The number of aromatic amines is 1. The van der Waals surface area contributed by atoms with Gasteiger partial charge in [-0.25, -0.2) is 14.6 Å². The number of rotatable bonds is 5. The zero-order valence-corrected chi connectivity index (χ0v) is 18.4. The molecular formula is C23H26N6O2. The topological polar surface area (TPSA) is 96.8 Å². The molecule has 0 atom stereocenters. The number of benzene rings is 1. The van der Waals surface area contributed by atoms with Crippen LogP contribution in [0, 0.1) is 0 Å². The second kappa shape index (κ2) is 7.94. The van der Waals surface area contributed by atoms with Crippen LogP contribution in [0.25, 0.3) is 21.9 Å². The van der Waals surface area contributed by atoms with Crippen molar-refractivity contribution in [2.45, 2.75) is 46.2 Å². The predicted molar refractivity (Wildman–Crippen MR) is 120 cm³/mol. The number of carbonyl (C=O) groups is 1. The van der Waals surface area contributed by atoms with E-state index in [2.05, 4.69) is 15.1 Å². The molecule has 0 bridgehead atoms. The maximum atomic E-state index is 13.4. The molecule has 160 valence electrons. The number of hydrogen-bond acceptors (Lipinski definition) is 5. The molecule has 0 radical (unpaired) electrons. The molecule has 8 nitrogen and oxygen atoms in total. The van der Waals surface area contributed by atoms with E-state index in [0.717, 1.165) is 11.1 Å². The highest BCUT2D eigenvalue weighted by molar-refractivity contribution is 6.05. The van der Waals surface area contributed by atoms with Gasteiger partial charge in [-0.3, -0.25) is 9.59 Å². The molecule has 8 heteroatoms. The molecule has 0 saturated heterocycles. The van der Waals surface area contributed by atoms with Crippen LogP contribution < -0.4 is 5.56 Å². The monoisotopic (exact) mass is 418 g/mol. The third kappa shape index (κ3) is 3.81. The van der Waals surface area contributed by atoms with Crippen molar-refractivity contribution in [3.8, 4) is 0 Å². The first-order valence-electron chi connectivity index (χ1n) is 10.4. The fourth-order valence-corrected chi connectivity index (χ4v) is 3.60. The third-order valence-corrected chi connectivity index (χ3v) is 5.29. The molecule has 0 aliphatic rings. The van der Waals surface area contributed by atoms with Crippen molar-refractivity contribution in [1.29, 1.82) is 0 Å². The van der Waals surface area contributed by atoms with Crippen LogP contribution in [-0.2, 0) is 6.54 Å². The molecule has 0 spiro atoms. The molecule has 0 aliphatic carbocycles. The largest absolute Gasteiger partial charge is 0.334 e. The summed E-state index contributed by atoms with van der Waals surface area (Å²) >= 11 is 0. The second-order valence-electron chi connectivity index (χ2n) is 8.36. The highest BCUT2D eigenvalue weighted by Crippen LogP contribution is 2.25. The lowest BCUT2D eigenvalue weighted by Gasteiger charge is -2.18. The van der Waals surface area contributed by atoms with Gasteiger partial charge in [0, 0.05) is 18.8 Å². The highest BCUT2D eigenvalue weighted by atomic mass is 16.2. The van der Waals surface area contributed by atoms with Crippen molar-refractivity contribution in [1.82, 2.24) is 29.6 Å². The average molecular weight is 419 g/mol. The number of amides is 1. The summed E-state index contributed by atoms with van der Waals surface area (Å²) < 4.78 is 1.83. The van der Waals surface area contributed by atoms with Crippen LogP contribution in [0.2, 0.25) is 0 Å². The van der Waals surface area contributed by atoms with Crippen LogP contribution in [0.15, 0.2) is 41.3 Å². The molecule has 4 rings (SSSR count). The lowest BCUT2D eigenvalue weighted by molar-refractivity contribution is 0.0783. The van der Waals surface area contributed by atoms with Crippen LogP contribution in [0.1, 0.15) is 61.5 Å². The molecule has 1 amide bonds. The van der Waals surface area contributed by atoms with E-state index in [1.54, 1.807) is 36.3 Å². The van der Waals surface area contributed by atoms with Gasteiger partial charge in [0.1, 0.15) is 5.82 Å². The van der Waals surface area contributed by atoms with Crippen LogP contribution >= 0.6 is 0 Å². The van der Waals surface area contributed by atoms with Gasteiger partial charge in [-0.1, -0.05) is 26.0 Å². The van der Waals surface area contributed by atoms with Crippen molar-refractivity contribution in [3.05, 3.63) is 64.0 Å². The summed E-state index contributed by atoms with van der Waals surface area (Å²) in [6, 6.07) is 9.12. The Kier molecular flexibility index (Phi) is 5.31. The van der Waals surface area contributed by atoms with Gasteiger partial charge in [0.05, 0.1) is 34.6 Å². The second-order valence-corrected chi connectivity index (χ2v) is 8.36. The maximum Gasteiger partial charge on any atom is 0.258 e. The van der Waals surface area contributed by atoms with E-state index in [1.165, 1.54) is 0 Å². The summed E-state index contributed by atoms with van der Waals surface area (Å²) in [5.41, 5.74) is 2.48. The maximum absolute atomic E-state index is 13.4. The van der Waals surface area contributed by atoms with Crippen molar-refractivity contribution in [3.63, 3.8) is 0 Å². The zero-order chi connectivity index (χ0) is 22.3. The minimum atomic E-state index is -0.215. The van der Waals surface area contributed by atoms with E-state index in [1.807, 2.05) is 44.5 Å². The van der Waals surface area contributed by atoms with Gasteiger partial charge >= 0.3 is 0 Å². The minimum Gasteiger partial charge on any atom is -0.334 e. The first-order chi connectivity index (χ1) is 14.8. The van der Waals surface area contributed by atoms with Gasteiger partial charge in [0.15, 0.2) is 5.65 Å². The number of aromatic nitrogens is 5. The van der Waals surface area contributed by atoms with Gasteiger partial charge in [-0.15, -0.1) is 0 Å². The third-order valence-electron chi connectivity index (χ3n) is 5.29. The standard InChI is InChI=1S/C23H26N6O2/c1-13(2)19-10-16(17-11-24-29(14(3)4)21(17)26-19)23(31)28(5)12-20-25-18-9-7-6-8-15(18)22(30)27-20/h6-11,13-14H,12H2,1-5H3,(H,25,27,30). The smallest absolute Gasteiger partial charge is 0.258 e. The van der Waals surface area contributed by atoms with E-state index < -0.39 is 0 Å². The summed E-state index contributed by atoms with van der Waals surface area (Å²) in [5.74, 6) is 0.426. The van der Waals surface area contributed by atoms with Crippen LogP contribution in [0.5, 0.6) is 0 Å². The van der Waals surface area contributed by atoms with E-state index in [0.29, 0.717) is 27.9 Å². The molecular weight excluding hydrogens is 392 g/mol. The number of hydrogen-bond donors (Lipinski definition) is 1. The van der Waals surface area contributed by atoms with Crippen LogP contribution in [-0.4, -0.2) is 42.6 Å². The molecule has 4 aromatic rings. The molecule has 0 unspecified atom stereocenters. The van der Waals surface area contributed by atoms with Crippen molar-refractivity contribution in [2.75, 3.05) is 7.05 Å². The Balaban J connectivity index is 1.73. The number of carbonyl (C=O) groups excluding carboxylic acids is 1. The summed E-state index contributed by atoms with van der Waals surface area (Å²) in [7, 11) is 1.70. The fourth-order valence-electron chi connectivity index (χ4n) is 3.60. The molecule has 0 fully saturated rings. The molecule has 0 aliphatic heterocycles. The SMILES string of the molecule is CC(C)c1cc(C(=O)N(C)Cc2nc3ccccc3c(=O)[nH]2)c2cnn(C(C)C)c2n1. The normalized spacial score (nSPS) is 11.7. The fraction of sp³-hybridized carbons (Fsp3) is 0.348. The van der Waals surface area contributed by atoms with E-state index >= 15 is 0 Å². The van der Waals surface area contributed by atoms with E-state index in [-0.39, 0.29) is 30.0 Å². The first-order valence-corrected chi connectivity index (χ1v) is 10.4. The Labute approximate surface area is 179 Å². The summed E-state index contributed by atoms with van der Waals surface area (Å²) in [4.78, 5) is 39.4. The molecule has 3 heterocycles. The van der Waals surface area contributed by atoms with Gasteiger partial charge < -0.3 is 9.88 Å². The Morgan fingerprint density at radius 1 is 1.13 bits per heavy atom. The van der Waals surface area contributed by atoms with Crippen molar-refractivity contribution in [2.24, 2.45) is 0 Å². The number of nitrogens with one attached hydrogen (secondary N) is 1. The Morgan fingerprint density at radius 2 is 1.87 bits per heavy atom. The number of fused-ring (bicyclic) bond motifs is 2.